The lowest BCUT2D eigenvalue weighted by molar-refractivity contribution is -0.117. The van der Waals surface area contributed by atoms with Gasteiger partial charge in [-0.1, -0.05) is 13.3 Å². The molecule has 0 N–H and O–H groups in total. The summed E-state index contributed by atoms with van der Waals surface area (Å²) >= 11 is 0. The molecule has 0 saturated carbocycles. The molecule has 0 aliphatic heterocycles. The second-order valence-electron chi connectivity index (χ2n) is 4.43. The van der Waals surface area contributed by atoms with Crippen LogP contribution in [0.2, 0.25) is 0 Å². The summed E-state index contributed by atoms with van der Waals surface area (Å²) < 4.78 is 14.1. The van der Waals surface area contributed by atoms with Crippen molar-refractivity contribution < 1.29 is 9.18 Å². The van der Waals surface area contributed by atoms with Crippen molar-refractivity contribution in [3.05, 3.63) is 0 Å². The minimum Gasteiger partial charge on any atom is -0.300 e. The normalized spacial score (nSPS) is 15.3. The van der Waals surface area contributed by atoms with Crippen LogP contribution in [0.4, 0.5) is 4.39 Å². The fraction of sp³-hybridized carbons (Fsp3) is 0.917. The Morgan fingerprint density at radius 3 is 2.27 bits per heavy atom. The first kappa shape index (κ1) is 14.6. The van der Waals surface area contributed by atoms with Crippen LogP contribution in [0.5, 0.6) is 0 Å². The molecule has 0 aromatic heterocycles. The molecule has 1 atom stereocenters. The number of alkyl halides is 1. The van der Waals surface area contributed by atoms with E-state index < -0.39 is 5.79 Å². The third-order valence-electron chi connectivity index (χ3n) is 2.93. The number of ketones is 1. The van der Waals surface area contributed by atoms with Crippen LogP contribution >= 0.6 is 0 Å². The molecule has 2 nitrogen and oxygen atoms in total. The lowest BCUT2D eigenvalue weighted by Crippen LogP contribution is -2.39. The zero-order chi connectivity index (χ0) is 11.9. The first-order valence-electron chi connectivity index (χ1n) is 5.78. The van der Waals surface area contributed by atoms with E-state index >= 15 is 0 Å². The SMILES string of the molecule is CCC(F)(CCCCCC(C)=O)N(C)C. The summed E-state index contributed by atoms with van der Waals surface area (Å²) in [5.41, 5.74) is 0. The quantitative estimate of drug-likeness (QED) is 0.460. The largest absolute Gasteiger partial charge is 0.300 e. The fourth-order valence-electron chi connectivity index (χ4n) is 1.66. The average Bonchev–Trinajstić information content (AvgIpc) is 2.16. The predicted molar refractivity (Wildman–Crippen MR) is 61.6 cm³/mol. The number of halogens is 1. The van der Waals surface area contributed by atoms with Gasteiger partial charge in [-0.25, -0.2) is 4.39 Å². The molecule has 90 valence electrons. The Kier molecular flexibility index (Phi) is 6.73. The van der Waals surface area contributed by atoms with Gasteiger partial charge in [0.25, 0.3) is 0 Å². The van der Waals surface area contributed by atoms with Crippen molar-refractivity contribution in [3.63, 3.8) is 0 Å². The van der Waals surface area contributed by atoms with Crippen LogP contribution in [0.1, 0.15) is 52.4 Å². The number of Topliss-reactive ketones (excluding diaryl/α,β-unsaturated/α-hetero) is 1. The molecule has 0 aliphatic rings. The molecule has 0 aromatic rings. The van der Waals surface area contributed by atoms with E-state index in [9.17, 15) is 9.18 Å². The molecule has 0 amide bonds. The summed E-state index contributed by atoms with van der Waals surface area (Å²) in [4.78, 5) is 12.3. The summed E-state index contributed by atoms with van der Waals surface area (Å²) in [6.07, 6.45) is 4.41. The van der Waals surface area contributed by atoms with Crippen molar-refractivity contribution in [2.24, 2.45) is 0 Å². The molecule has 0 heterocycles. The fourth-order valence-corrected chi connectivity index (χ4v) is 1.66. The first-order chi connectivity index (χ1) is 6.92. The van der Waals surface area contributed by atoms with Gasteiger partial charge in [-0.05, 0) is 46.7 Å². The molecule has 15 heavy (non-hydrogen) atoms. The Balaban J connectivity index is 3.69. The number of nitrogens with zero attached hydrogens (tertiary/aromatic N) is 1. The minimum atomic E-state index is -1.17. The summed E-state index contributed by atoms with van der Waals surface area (Å²) in [6, 6.07) is 0. The van der Waals surface area contributed by atoms with E-state index in [1.54, 1.807) is 25.9 Å². The second kappa shape index (κ2) is 6.94. The van der Waals surface area contributed by atoms with Crippen LogP contribution in [0.15, 0.2) is 0 Å². The average molecular weight is 217 g/mol. The van der Waals surface area contributed by atoms with Crippen LogP contribution in [0.3, 0.4) is 0 Å². The van der Waals surface area contributed by atoms with Gasteiger partial charge >= 0.3 is 0 Å². The summed E-state index contributed by atoms with van der Waals surface area (Å²) in [6.45, 7) is 3.47. The highest BCUT2D eigenvalue weighted by atomic mass is 19.1. The Morgan fingerprint density at radius 1 is 1.27 bits per heavy atom. The Morgan fingerprint density at radius 2 is 1.87 bits per heavy atom. The number of rotatable bonds is 8. The van der Waals surface area contributed by atoms with Crippen LogP contribution in [-0.4, -0.2) is 30.6 Å². The topological polar surface area (TPSA) is 20.3 Å². The number of carbonyl (C=O) groups excluding carboxylic acids is 1. The Bertz CT molecular complexity index is 194. The lowest BCUT2D eigenvalue weighted by Gasteiger charge is -2.31. The number of hydrogen-bond donors (Lipinski definition) is 0. The Hall–Kier alpha value is -0.440. The van der Waals surface area contributed by atoms with Gasteiger partial charge in [-0.3, -0.25) is 4.90 Å². The highest BCUT2D eigenvalue weighted by Crippen LogP contribution is 2.25. The van der Waals surface area contributed by atoms with E-state index in [1.165, 1.54) is 0 Å². The number of hydrogen-bond acceptors (Lipinski definition) is 2. The molecule has 0 aromatic carbocycles. The van der Waals surface area contributed by atoms with Crippen LogP contribution in [0, 0.1) is 0 Å². The molecule has 3 heteroatoms. The molecule has 0 radical (unpaired) electrons. The van der Waals surface area contributed by atoms with E-state index in [0.29, 0.717) is 19.3 Å². The molecular weight excluding hydrogens is 193 g/mol. The van der Waals surface area contributed by atoms with Gasteiger partial charge in [0.2, 0.25) is 0 Å². The van der Waals surface area contributed by atoms with Crippen molar-refractivity contribution in [2.45, 2.75) is 58.2 Å². The first-order valence-corrected chi connectivity index (χ1v) is 5.78. The highest BCUT2D eigenvalue weighted by molar-refractivity contribution is 5.75. The second-order valence-corrected chi connectivity index (χ2v) is 4.43. The minimum absolute atomic E-state index is 0.226. The van der Waals surface area contributed by atoms with Crippen molar-refractivity contribution in [1.29, 1.82) is 0 Å². The van der Waals surface area contributed by atoms with E-state index in [4.69, 9.17) is 0 Å². The number of unbranched alkanes of at least 4 members (excludes halogenated alkanes) is 2. The monoisotopic (exact) mass is 217 g/mol. The summed E-state index contributed by atoms with van der Waals surface area (Å²) in [7, 11) is 3.55. The molecule has 0 aliphatic carbocycles. The molecule has 0 saturated heterocycles. The third-order valence-corrected chi connectivity index (χ3v) is 2.93. The van der Waals surface area contributed by atoms with Crippen molar-refractivity contribution in [3.8, 4) is 0 Å². The van der Waals surface area contributed by atoms with Crippen LogP contribution in [-0.2, 0) is 4.79 Å². The van der Waals surface area contributed by atoms with Crippen LogP contribution < -0.4 is 0 Å². The van der Waals surface area contributed by atoms with Gasteiger partial charge in [0.15, 0.2) is 5.79 Å². The lowest BCUT2D eigenvalue weighted by atomic mass is 10.0. The van der Waals surface area contributed by atoms with Crippen molar-refractivity contribution >= 4 is 5.78 Å². The molecular formula is C12H24FNO. The Labute approximate surface area is 92.8 Å². The molecule has 0 spiro atoms. The van der Waals surface area contributed by atoms with Gasteiger partial charge in [0, 0.05) is 6.42 Å². The maximum Gasteiger partial charge on any atom is 0.163 e. The predicted octanol–water partition coefficient (Wildman–Crippen LogP) is 3.16. The van der Waals surface area contributed by atoms with E-state index in [1.807, 2.05) is 6.92 Å². The zero-order valence-electron chi connectivity index (χ0n) is 10.5. The van der Waals surface area contributed by atoms with Gasteiger partial charge in [0.05, 0.1) is 0 Å². The summed E-state index contributed by atoms with van der Waals surface area (Å²) in [5, 5.41) is 0. The number of carbonyl (C=O) groups is 1. The zero-order valence-corrected chi connectivity index (χ0v) is 10.5. The third kappa shape index (κ3) is 5.88. The summed E-state index contributed by atoms with van der Waals surface area (Å²) in [5.74, 6) is -0.944. The van der Waals surface area contributed by atoms with Crippen molar-refractivity contribution in [1.82, 2.24) is 4.90 Å². The van der Waals surface area contributed by atoms with E-state index in [2.05, 4.69) is 0 Å². The van der Waals surface area contributed by atoms with E-state index in [0.717, 1.165) is 19.3 Å². The maximum atomic E-state index is 14.1. The molecule has 0 bridgehead atoms. The molecule has 0 rings (SSSR count). The van der Waals surface area contributed by atoms with Gasteiger partial charge in [-0.2, -0.15) is 0 Å². The van der Waals surface area contributed by atoms with Crippen LogP contribution in [0.25, 0.3) is 0 Å². The molecule has 1 unspecified atom stereocenters. The molecule has 0 fully saturated rings. The van der Waals surface area contributed by atoms with Crippen molar-refractivity contribution in [2.75, 3.05) is 14.1 Å². The van der Waals surface area contributed by atoms with Gasteiger partial charge < -0.3 is 4.79 Å². The van der Waals surface area contributed by atoms with Gasteiger partial charge in [0.1, 0.15) is 5.78 Å². The van der Waals surface area contributed by atoms with Gasteiger partial charge in [-0.15, -0.1) is 0 Å². The standard InChI is InChI=1S/C12H24FNO/c1-5-12(13,14(3)4)10-8-6-7-9-11(2)15/h5-10H2,1-4H3. The highest BCUT2D eigenvalue weighted by Gasteiger charge is 2.28. The maximum absolute atomic E-state index is 14.1. The van der Waals surface area contributed by atoms with E-state index in [-0.39, 0.29) is 5.78 Å². The smallest absolute Gasteiger partial charge is 0.163 e.